The van der Waals surface area contributed by atoms with Crippen molar-refractivity contribution in [2.24, 2.45) is 0 Å². The summed E-state index contributed by atoms with van der Waals surface area (Å²) in [5, 5.41) is 8.34. The molecule has 0 radical (unpaired) electrons. The van der Waals surface area contributed by atoms with Crippen LogP contribution in [-0.4, -0.2) is 11.0 Å². The topological polar surface area (TPSA) is 54.0 Å². The highest BCUT2D eigenvalue weighted by atomic mass is 32.1. The number of nitrogens with zero attached hydrogens (tertiary/aromatic N) is 1. The third-order valence-electron chi connectivity index (χ3n) is 3.11. The molecule has 5 heteroatoms. The van der Waals surface area contributed by atoms with Crippen LogP contribution in [0.15, 0.2) is 66.2 Å². The molecule has 3 rings (SSSR count). The fourth-order valence-electron chi connectivity index (χ4n) is 2.00. The molecule has 0 aliphatic carbocycles. The predicted molar refractivity (Wildman–Crippen MR) is 89.9 cm³/mol. The van der Waals surface area contributed by atoms with Crippen LogP contribution in [0.5, 0.6) is 0 Å². The third-order valence-corrected chi connectivity index (χ3v) is 3.89. The highest BCUT2D eigenvalue weighted by Gasteiger charge is 2.03. The van der Waals surface area contributed by atoms with Gasteiger partial charge in [-0.25, -0.2) is 4.79 Å². The van der Waals surface area contributed by atoms with E-state index in [2.05, 4.69) is 15.6 Å². The number of hydrogen-bond donors (Lipinski definition) is 2. The van der Waals surface area contributed by atoms with E-state index in [1.54, 1.807) is 6.20 Å². The van der Waals surface area contributed by atoms with Crippen molar-refractivity contribution in [3.05, 3.63) is 71.7 Å². The van der Waals surface area contributed by atoms with Crippen molar-refractivity contribution in [1.29, 1.82) is 0 Å². The average Bonchev–Trinajstić information content (AvgIpc) is 3.07. The molecular weight excluding hydrogens is 294 g/mol. The Morgan fingerprint density at radius 3 is 2.59 bits per heavy atom. The van der Waals surface area contributed by atoms with Gasteiger partial charge in [0, 0.05) is 18.3 Å². The number of anilines is 1. The second kappa shape index (κ2) is 6.87. The van der Waals surface area contributed by atoms with Crippen LogP contribution in [0.2, 0.25) is 0 Å². The minimum Gasteiger partial charge on any atom is -0.334 e. The van der Waals surface area contributed by atoms with E-state index in [1.807, 2.05) is 60.0 Å². The molecule has 2 N–H and O–H groups in total. The number of urea groups is 1. The molecule has 1 aromatic carbocycles. The van der Waals surface area contributed by atoms with Gasteiger partial charge < -0.3 is 5.32 Å². The fourth-order valence-corrected chi connectivity index (χ4v) is 2.61. The lowest BCUT2D eigenvalue weighted by molar-refractivity contribution is 0.252. The summed E-state index contributed by atoms with van der Waals surface area (Å²) in [6.07, 6.45) is 1.79. The highest BCUT2D eigenvalue weighted by molar-refractivity contribution is 7.14. The summed E-state index contributed by atoms with van der Waals surface area (Å²) in [5.41, 5.74) is 2.96. The van der Waals surface area contributed by atoms with Crippen molar-refractivity contribution in [2.45, 2.75) is 6.54 Å². The minimum atomic E-state index is -0.213. The van der Waals surface area contributed by atoms with Crippen LogP contribution in [0.25, 0.3) is 11.3 Å². The maximum absolute atomic E-state index is 11.7. The van der Waals surface area contributed by atoms with Gasteiger partial charge in [-0.1, -0.05) is 36.4 Å². The van der Waals surface area contributed by atoms with Gasteiger partial charge in [-0.15, -0.1) is 11.3 Å². The van der Waals surface area contributed by atoms with Crippen LogP contribution in [-0.2, 0) is 6.54 Å². The molecule has 4 nitrogen and oxygen atoms in total. The molecule has 2 aromatic heterocycles. The first-order valence-corrected chi connectivity index (χ1v) is 7.78. The summed E-state index contributed by atoms with van der Waals surface area (Å²) in [7, 11) is 0. The van der Waals surface area contributed by atoms with Gasteiger partial charge in [0.25, 0.3) is 0 Å². The number of rotatable bonds is 4. The summed E-state index contributed by atoms with van der Waals surface area (Å²) >= 11 is 1.49. The Bertz CT molecular complexity index is 724. The number of nitrogens with one attached hydrogen (secondary N) is 2. The Morgan fingerprint density at radius 1 is 1.05 bits per heavy atom. The van der Waals surface area contributed by atoms with Crippen molar-refractivity contribution in [1.82, 2.24) is 10.3 Å². The monoisotopic (exact) mass is 309 g/mol. The SMILES string of the molecule is O=C(NCc1ccc(-c2ccccc2)nc1)Nc1cccs1. The van der Waals surface area contributed by atoms with Gasteiger partial charge in [-0.2, -0.15) is 0 Å². The maximum Gasteiger partial charge on any atom is 0.320 e. The third kappa shape index (κ3) is 3.71. The lowest BCUT2D eigenvalue weighted by Gasteiger charge is -2.07. The largest absolute Gasteiger partial charge is 0.334 e. The molecule has 0 fully saturated rings. The van der Waals surface area contributed by atoms with Crippen molar-refractivity contribution in [3.8, 4) is 11.3 Å². The number of benzene rings is 1. The van der Waals surface area contributed by atoms with Crippen LogP contribution < -0.4 is 10.6 Å². The Hall–Kier alpha value is -2.66. The van der Waals surface area contributed by atoms with E-state index in [0.717, 1.165) is 21.8 Å². The van der Waals surface area contributed by atoms with Gasteiger partial charge in [-0.05, 0) is 29.1 Å². The normalized spacial score (nSPS) is 10.2. The number of aromatic nitrogens is 1. The average molecular weight is 309 g/mol. The highest BCUT2D eigenvalue weighted by Crippen LogP contribution is 2.16. The molecule has 3 aromatic rings. The minimum absolute atomic E-state index is 0.213. The number of carbonyl (C=O) groups is 1. The summed E-state index contributed by atoms with van der Waals surface area (Å²) in [6, 6.07) is 17.5. The zero-order valence-electron chi connectivity index (χ0n) is 11.8. The van der Waals surface area contributed by atoms with Gasteiger partial charge in [-0.3, -0.25) is 10.3 Å². The zero-order chi connectivity index (χ0) is 15.2. The number of thiophene rings is 1. The van der Waals surface area contributed by atoms with Crippen LogP contribution >= 0.6 is 11.3 Å². The molecule has 0 spiro atoms. The molecule has 0 atom stereocenters. The van der Waals surface area contributed by atoms with Gasteiger partial charge >= 0.3 is 6.03 Å². The number of carbonyl (C=O) groups excluding carboxylic acids is 1. The first kappa shape index (κ1) is 14.3. The first-order valence-electron chi connectivity index (χ1n) is 6.90. The van der Waals surface area contributed by atoms with E-state index < -0.39 is 0 Å². The molecule has 0 unspecified atom stereocenters. The molecule has 0 aliphatic heterocycles. The van der Waals surface area contributed by atoms with E-state index in [4.69, 9.17) is 0 Å². The van der Waals surface area contributed by atoms with E-state index >= 15 is 0 Å². The quantitative estimate of drug-likeness (QED) is 0.761. The zero-order valence-corrected chi connectivity index (χ0v) is 12.6. The van der Waals surface area contributed by atoms with Gasteiger partial charge in [0.1, 0.15) is 0 Å². The molecule has 2 amide bonds. The Labute approximate surface area is 132 Å². The van der Waals surface area contributed by atoms with Crippen molar-refractivity contribution in [2.75, 3.05) is 5.32 Å². The summed E-state index contributed by atoms with van der Waals surface area (Å²) < 4.78 is 0. The smallest absolute Gasteiger partial charge is 0.320 e. The first-order chi connectivity index (χ1) is 10.8. The van der Waals surface area contributed by atoms with Crippen molar-refractivity contribution < 1.29 is 4.79 Å². The number of pyridine rings is 1. The lowest BCUT2D eigenvalue weighted by atomic mass is 10.1. The Kier molecular flexibility index (Phi) is 4.46. The summed E-state index contributed by atoms with van der Waals surface area (Å²) in [5.74, 6) is 0. The summed E-state index contributed by atoms with van der Waals surface area (Å²) in [4.78, 5) is 16.2. The molecule has 110 valence electrons. The van der Waals surface area contributed by atoms with Crippen LogP contribution in [0.3, 0.4) is 0 Å². The van der Waals surface area contributed by atoms with Crippen molar-refractivity contribution >= 4 is 22.4 Å². The van der Waals surface area contributed by atoms with E-state index in [-0.39, 0.29) is 6.03 Å². The van der Waals surface area contributed by atoms with E-state index in [1.165, 1.54) is 11.3 Å². The van der Waals surface area contributed by atoms with E-state index in [0.29, 0.717) is 6.54 Å². The van der Waals surface area contributed by atoms with Crippen LogP contribution in [0, 0.1) is 0 Å². The number of hydrogen-bond acceptors (Lipinski definition) is 3. The molecule has 0 saturated heterocycles. The Balaban J connectivity index is 1.56. The Morgan fingerprint density at radius 2 is 1.91 bits per heavy atom. The molecule has 0 saturated carbocycles. The second-order valence-corrected chi connectivity index (χ2v) is 5.65. The van der Waals surface area contributed by atoms with Gasteiger partial charge in [0.05, 0.1) is 10.7 Å². The molecule has 0 aliphatic rings. The molecule has 2 heterocycles. The lowest BCUT2D eigenvalue weighted by Crippen LogP contribution is -2.27. The molecule has 22 heavy (non-hydrogen) atoms. The summed E-state index contributed by atoms with van der Waals surface area (Å²) in [6.45, 7) is 0.444. The predicted octanol–water partition coefficient (Wildman–Crippen LogP) is 4.13. The second-order valence-electron chi connectivity index (χ2n) is 4.70. The van der Waals surface area contributed by atoms with Gasteiger partial charge in [0.15, 0.2) is 0 Å². The van der Waals surface area contributed by atoms with Gasteiger partial charge in [0.2, 0.25) is 0 Å². The van der Waals surface area contributed by atoms with Crippen molar-refractivity contribution in [3.63, 3.8) is 0 Å². The standard InChI is InChI=1S/C17H15N3OS/c21-17(20-16-7-4-10-22-16)19-12-13-8-9-15(18-11-13)14-5-2-1-3-6-14/h1-11H,12H2,(H2,19,20,21). The molecular formula is C17H15N3OS. The van der Waals surface area contributed by atoms with Crippen LogP contribution in [0.4, 0.5) is 9.80 Å². The number of amides is 2. The van der Waals surface area contributed by atoms with Crippen LogP contribution in [0.1, 0.15) is 5.56 Å². The molecule has 0 bridgehead atoms. The fraction of sp³-hybridized carbons (Fsp3) is 0.0588. The van der Waals surface area contributed by atoms with E-state index in [9.17, 15) is 4.79 Å². The maximum atomic E-state index is 11.7.